The van der Waals surface area contributed by atoms with Crippen LogP contribution in [0.15, 0.2) is 5.16 Å². The lowest BCUT2D eigenvalue weighted by atomic mass is 10.6. The Morgan fingerprint density at radius 3 is 2.80 bits per heavy atom. The van der Waals surface area contributed by atoms with Crippen LogP contribution < -0.4 is 0 Å². The summed E-state index contributed by atoms with van der Waals surface area (Å²) >= 11 is 3.57. The lowest BCUT2D eigenvalue weighted by molar-refractivity contribution is 0.263. The van der Waals surface area contributed by atoms with Crippen molar-refractivity contribution < 1.29 is 5.11 Å². The average Bonchev–Trinajstić information content (AvgIpc) is 3.00. The summed E-state index contributed by atoms with van der Waals surface area (Å²) < 4.78 is 2.10. The van der Waals surface area contributed by atoms with Crippen molar-refractivity contribution in [3.05, 3.63) is 5.82 Å². The molecule has 0 unspecified atom stereocenters. The van der Waals surface area contributed by atoms with Gasteiger partial charge in [-0.1, -0.05) is 11.8 Å². The molecule has 0 aromatic carbocycles. The molecular formula is C9H15N3OS2. The van der Waals surface area contributed by atoms with E-state index in [-0.39, 0.29) is 6.61 Å². The molecule has 1 aliphatic carbocycles. The van der Waals surface area contributed by atoms with Crippen molar-refractivity contribution >= 4 is 23.5 Å². The zero-order valence-corrected chi connectivity index (χ0v) is 10.4. The van der Waals surface area contributed by atoms with E-state index >= 15 is 0 Å². The summed E-state index contributed by atoms with van der Waals surface area (Å²) in [7, 11) is 0. The zero-order chi connectivity index (χ0) is 10.7. The van der Waals surface area contributed by atoms with Crippen molar-refractivity contribution in [1.82, 2.24) is 14.8 Å². The van der Waals surface area contributed by atoms with Gasteiger partial charge in [-0.2, -0.15) is 11.8 Å². The summed E-state index contributed by atoms with van der Waals surface area (Å²) in [5, 5.41) is 18.2. The first kappa shape index (κ1) is 11.3. The molecule has 15 heavy (non-hydrogen) atoms. The van der Waals surface area contributed by atoms with Gasteiger partial charge in [-0.15, -0.1) is 10.2 Å². The highest BCUT2D eigenvalue weighted by atomic mass is 32.2. The fourth-order valence-corrected chi connectivity index (χ4v) is 3.10. The average molecular weight is 245 g/mol. The minimum Gasteiger partial charge on any atom is -0.388 e. The SMILES string of the molecule is CSCCSc1nnc(CO)n1C1CC1. The van der Waals surface area contributed by atoms with Gasteiger partial charge < -0.3 is 9.67 Å². The highest BCUT2D eigenvalue weighted by Gasteiger charge is 2.29. The van der Waals surface area contributed by atoms with Gasteiger partial charge in [-0.3, -0.25) is 0 Å². The van der Waals surface area contributed by atoms with Gasteiger partial charge in [0.15, 0.2) is 11.0 Å². The Hall–Kier alpha value is -0.200. The van der Waals surface area contributed by atoms with Crippen molar-refractivity contribution in [1.29, 1.82) is 0 Å². The molecule has 0 atom stereocenters. The Kier molecular flexibility index (Phi) is 3.93. The molecule has 0 amide bonds. The molecule has 2 rings (SSSR count). The van der Waals surface area contributed by atoms with Crippen molar-refractivity contribution in [2.45, 2.75) is 30.6 Å². The molecule has 1 aromatic heterocycles. The molecule has 0 bridgehead atoms. The number of thioether (sulfide) groups is 2. The minimum atomic E-state index is -0.00735. The molecule has 0 spiro atoms. The molecule has 4 nitrogen and oxygen atoms in total. The number of aromatic nitrogens is 3. The van der Waals surface area contributed by atoms with E-state index < -0.39 is 0 Å². The normalized spacial score (nSPS) is 15.9. The van der Waals surface area contributed by atoms with Gasteiger partial charge >= 0.3 is 0 Å². The van der Waals surface area contributed by atoms with Crippen LogP contribution in [0.25, 0.3) is 0 Å². The Bertz CT molecular complexity index is 325. The Balaban J connectivity index is 2.05. The van der Waals surface area contributed by atoms with E-state index in [9.17, 15) is 0 Å². The number of hydrogen-bond donors (Lipinski definition) is 1. The van der Waals surface area contributed by atoms with E-state index in [2.05, 4.69) is 21.0 Å². The predicted molar refractivity (Wildman–Crippen MR) is 63.3 cm³/mol. The Labute approximate surface area is 97.8 Å². The van der Waals surface area contributed by atoms with Crippen molar-refractivity contribution in [3.63, 3.8) is 0 Å². The van der Waals surface area contributed by atoms with Crippen LogP contribution in [0.4, 0.5) is 0 Å². The van der Waals surface area contributed by atoms with Crippen LogP contribution in [0.3, 0.4) is 0 Å². The second-order valence-electron chi connectivity index (χ2n) is 3.50. The summed E-state index contributed by atoms with van der Waals surface area (Å²) in [6.07, 6.45) is 4.49. The van der Waals surface area contributed by atoms with Crippen molar-refractivity contribution in [3.8, 4) is 0 Å². The van der Waals surface area contributed by atoms with Gasteiger partial charge in [0.2, 0.25) is 0 Å². The molecule has 1 saturated carbocycles. The van der Waals surface area contributed by atoms with Gasteiger partial charge in [0, 0.05) is 17.5 Å². The van der Waals surface area contributed by atoms with E-state index in [1.807, 2.05) is 11.8 Å². The molecule has 84 valence electrons. The fraction of sp³-hybridized carbons (Fsp3) is 0.778. The summed E-state index contributed by atoms with van der Waals surface area (Å²) in [4.78, 5) is 0. The van der Waals surface area contributed by atoms with E-state index in [0.717, 1.165) is 16.7 Å². The van der Waals surface area contributed by atoms with E-state index in [1.54, 1.807) is 11.8 Å². The topological polar surface area (TPSA) is 50.9 Å². The fourth-order valence-electron chi connectivity index (χ4n) is 1.43. The van der Waals surface area contributed by atoms with Crippen LogP contribution in [0.5, 0.6) is 0 Å². The number of aliphatic hydroxyl groups excluding tert-OH is 1. The summed E-state index contributed by atoms with van der Waals surface area (Å²) in [6, 6.07) is 0.541. The number of hydrogen-bond acceptors (Lipinski definition) is 5. The first-order chi connectivity index (χ1) is 7.36. The van der Waals surface area contributed by atoms with Crippen LogP contribution in [0.1, 0.15) is 24.7 Å². The van der Waals surface area contributed by atoms with Crippen LogP contribution in [0, 0.1) is 0 Å². The van der Waals surface area contributed by atoms with Gasteiger partial charge in [0.05, 0.1) is 0 Å². The molecule has 1 aliphatic rings. The third-order valence-corrected chi connectivity index (χ3v) is 4.12. The summed E-state index contributed by atoms with van der Waals surface area (Å²) in [6.45, 7) is -0.00735. The molecule has 1 aromatic rings. The predicted octanol–water partition coefficient (Wildman–Crippen LogP) is 1.56. The molecule has 0 saturated heterocycles. The molecule has 0 radical (unpaired) electrons. The smallest absolute Gasteiger partial charge is 0.191 e. The largest absolute Gasteiger partial charge is 0.388 e. The Morgan fingerprint density at radius 1 is 1.40 bits per heavy atom. The molecule has 1 N–H and O–H groups in total. The molecule has 0 aliphatic heterocycles. The van der Waals surface area contributed by atoms with Gasteiger partial charge in [0.25, 0.3) is 0 Å². The maximum absolute atomic E-state index is 9.14. The van der Waals surface area contributed by atoms with Gasteiger partial charge in [0.1, 0.15) is 6.61 Å². The lowest BCUT2D eigenvalue weighted by Gasteiger charge is -2.06. The molecular weight excluding hydrogens is 230 g/mol. The van der Waals surface area contributed by atoms with E-state index in [4.69, 9.17) is 5.11 Å². The Morgan fingerprint density at radius 2 is 2.20 bits per heavy atom. The maximum atomic E-state index is 9.14. The van der Waals surface area contributed by atoms with Crippen molar-refractivity contribution in [2.75, 3.05) is 17.8 Å². The summed E-state index contributed by atoms with van der Waals surface area (Å²) in [5.74, 6) is 2.89. The first-order valence-corrected chi connectivity index (χ1v) is 7.41. The lowest BCUT2D eigenvalue weighted by Crippen LogP contribution is -2.03. The van der Waals surface area contributed by atoms with Crippen molar-refractivity contribution in [2.24, 2.45) is 0 Å². The van der Waals surface area contributed by atoms with Crippen LogP contribution in [0.2, 0.25) is 0 Å². The standard InChI is InChI=1S/C9H15N3OS2/c1-14-4-5-15-9-11-10-8(6-13)12(9)7-2-3-7/h7,13H,2-6H2,1H3. The van der Waals surface area contributed by atoms with Gasteiger partial charge in [-0.05, 0) is 19.1 Å². The third kappa shape index (κ3) is 2.68. The third-order valence-electron chi connectivity index (χ3n) is 2.31. The second kappa shape index (κ2) is 5.23. The monoisotopic (exact) mass is 245 g/mol. The van der Waals surface area contributed by atoms with Crippen LogP contribution in [-0.2, 0) is 6.61 Å². The first-order valence-electron chi connectivity index (χ1n) is 5.03. The van der Waals surface area contributed by atoms with E-state index in [1.165, 1.54) is 12.8 Å². The number of rotatable bonds is 6. The van der Waals surface area contributed by atoms with Gasteiger partial charge in [-0.25, -0.2) is 0 Å². The van der Waals surface area contributed by atoms with Crippen LogP contribution >= 0.6 is 23.5 Å². The molecule has 6 heteroatoms. The zero-order valence-electron chi connectivity index (χ0n) is 8.72. The highest BCUT2D eigenvalue weighted by molar-refractivity contribution is 8.02. The minimum absolute atomic E-state index is 0.00735. The quantitative estimate of drug-likeness (QED) is 0.609. The maximum Gasteiger partial charge on any atom is 0.191 e. The second-order valence-corrected chi connectivity index (χ2v) is 5.55. The number of nitrogens with zero attached hydrogens (tertiary/aromatic N) is 3. The summed E-state index contributed by atoms with van der Waals surface area (Å²) in [5.41, 5.74) is 0. The highest BCUT2D eigenvalue weighted by Crippen LogP contribution is 2.38. The number of aliphatic hydroxyl groups is 1. The van der Waals surface area contributed by atoms with Crippen LogP contribution in [-0.4, -0.2) is 37.6 Å². The van der Waals surface area contributed by atoms with E-state index in [0.29, 0.717) is 11.9 Å². The molecule has 1 fully saturated rings. The molecule has 1 heterocycles.